The van der Waals surface area contributed by atoms with Crippen LogP contribution in [0.2, 0.25) is 0 Å². The molecule has 0 saturated heterocycles. The van der Waals surface area contributed by atoms with Gasteiger partial charge < -0.3 is 20.5 Å². The molecule has 5 heteroatoms. The molecule has 3 N–H and O–H groups in total. The van der Waals surface area contributed by atoms with Crippen LogP contribution in [0, 0.1) is 6.92 Å². The minimum Gasteiger partial charge on any atom is -0.491 e. The first-order valence-corrected chi connectivity index (χ1v) is 7.34. The molecule has 0 spiro atoms. The first kappa shape index (κ1) is 17.3. The molecule has 0 fully saturated rings. The SMILES string of the molecule is Cc1ccc(CNC(=O)NCCC(C)O)c(OC(C)C)c1. The number of nitrogens with one attached hydrogen (secondary N) is 2. The van der Waals surface area contributed by atoms with E-state index in [-0.39, 0.29) is 12.1 Å². The van der Waals surface area contributed by atoms with Gasteiger partial charge in [-0.1, -0.05) is 12.1 Å². The number of hydrogen-bond donors (Lipinski definition) is 3. The minimum absolute atomic E-state index is 0.0884. The van der Waals surface area contributed by atoms with Crippen LogP contribution in [0.3, 0.4) is 0 Å². The summed E-state index contributed by atoms with van der Waals surface area (Å²) >= 11 is 0. The van der Waals surface area contributed by atoms with E-state index >= 15 is 0 Å². The minimum atomic E-state index is -0.409. The second-order valence-electron chi connectivity index (χ2n) is 5.52. The van der Waals surface area contributed by atoms with Crippen molar-refractivity contribution in [1.29, 1.82) is 0 Å². The van der Waals surface area contributed by atoms with Gasteiger partial charge in [0.05, 0.1) is 12.2 Å². The highest BCUT2D eigenvalue weighted by Crippen LogP contribution is 2.21. The number of benzene rings is 1. The molecule has 1 unspecified atom stereocenters. The number of ether oxygens (including phenoxy) is 1. The third-order valence-corrected chi connectivity index (χ3v) is 2.87. The van der Waals surface area contributed by atoms with Crippen LogP contribution in [0.4, 0.5) is 4.79 Å². The van der Waals surface area contributed by atoms with Gasteiger partial charge in [-0.3, -0.25) is 0 Å². The van der Waals surface area contributed by atoms with E-state index in [4.69, 9.17) is 9.84 Å². The van der Waals surface area contributed by atoms with Gasteiger partial charge in [0.15, 0.2) is 0 Å². The van der Waals surface area contributed by atoms with Gasteiger partial charge in [0.25, 0.3) is 0 Å². The Morgan fingerprint density at radius 1 is 1.29 bits per heavy atom. The summed E-state index contributed by atoms with van der Waals surface area (Å²) in [7, 11) is 0. The molecule has 21 heavy (non-hydrogen) atoms. The summed E-state index contributed by atoms with van der Waals surface area (Å²) in [6.07, 6.45) is 0.221. The monoisotopic (exact) mass is 294 g/mol. The van der Waals surface area contributed by atoms with Crippen molar-refractivity contribution < 1.29 is 14.6 Å². The van der Waals surface area contributed by atoms with Crippen molar-refractivity contribution in [3.05, 3.63) is 29.3 Å². The first-order valence-electron chi connectivity index (χ1n) is 7.34. The highest BCUT2D eigenvalue weighted by Gasteiger charge is 2.08. The van der Waals surface area contributed by atoms with Gasteiger partial charge in [-0.25, -0.2) is 4.79 Å². The number of hydrogen-bond acceptors (Lipinski definition) is 3. The smallest absolute Gasteiger partial charge is 0.315 e. The highest BCUT2D eigenvalue weighted by atomic mass is 16.5. The van der Waals surface area contributed by atoms with Gasteiger partial charge in [0.2, 0.25) is 0 Å². The lowest BCUT2D eigenvalue weighted by molar-refractivity contribution is 0.183. The van der Waals surface area contributed by atoms with Crippen LogP contribution in [-0.2, 0) is 6.54 Å². The van der Waals surface area contributed by atoms with Gasteiger partial charge in [-0.2, -0.15) is 0 Å². The van der Waals surface area contributed by atoms with Gasteiger partial charge >= 0.3 is 6.03 Å². The summed E-state index contributed by atoms with van der Waals surface area (Å²) in [5.74, 6) is 0.800. The van der Waals surface area contributed by atoms with Crippen LogP contribution in [-0.4, -0.2) is 29.9 Å². The molecule has 1 aromatic carbocycles. The normalized spacial score (nSPS) is 12.1. The van der Waals surface area contributed by atoms with E-state index in [1.165, 1.54) is 0 Å². The van der Waals surface area contributed by atoms with Crippen molar-refractivity contribution in [2.24, 2.45) is 0 Å². The molecule has 0 aliphatic rings. The number of aryl methyl sites for hydroxylation is 1. The first-order chi connectivity index (χ1) is 9.88. The van der Waals surface area contributed by atoms with Crippen molar-refractivity contribution in [2.75, 3.05) is 6.54 Å². The summed E-state index contributed by atoms with van der Waals surface area (Å²) in [6, 6.07) is 5.69. The summed E-state index contributed by atoms with van der Waals surface area (Å²) in [5.41, 5.74) is 2.07. The van der Waals surface area contributed by atoms with E-state index in [1.54, 1.807) is 6.92 Å². The van der Waals surface area contributed by atoms with Gasteiger partial charge in [0.1, 0.15) is 5.75 Å². The molecular weight excluding hydrogens is 268 g/mol. The standard InChI is InChI=1S/C16H26N2O3/c1-11(2)21-15-9-12(3)5-6-14(15)10-18-16(20)17-8-7-13(4)19/h5-6,9,11,13,19H,7-8,10H2,1-4H3,(H2,17,18,20). The zero-order valence-corrected chi connectivity index (χ0v) is 13.3. The van der Waals surface area contributed by atoms with E-state index in [1.807, 2.05) is 39.0 Å². The Labute approximate surface area is 126 Å². The van der Waals surface area contributed by atoms with Crippen LogP contribution in [0.15, 0.2) is 18.2 Å². The number of carbonyl (C=O) groups excluding carboxylic acids is 1. The van der Waals surface area contributed by atoms with Crippen molar-refractivity contribution in [3.8, 4) is 5.75 Å². The Balaban J connectivity index is 2.52. The van der Waals surface area contributed by atoms with Crippen molar-refractivity contribution in [2.45, 2.75) is 52.9 Å². The number of aliphatic hydroxyl groups is 1. The molecule has 1 rings (SSSR count). The Bertz CT molecular complexity index is 459. The molecule has 0 saturated carbocycles. The van der Waals surface area contributed by atoms with E-state index in [2.05, 4.69) is 10.6 Å². The number of aliphatic hydroxyl groups excluding tert-OH is 1. The number of rotatable bonds is 7. The van der Waals surface area contributed by atoms with Crippen LogP contribution >= 0.6 is 0 Å². The molecule has 1 atom stereocenters. The Morgan fingerprint density at radius 2 is 2.00 bits per heavy atom. The fraction of sp³-hybridized carbons (Fsp3) is 0.562. The lowest BCUT2D eigenvalue weighted by atomic mass is 10.1. The molecule has 1 aromatic rings. The zero-order chi connectivity index (χ0) is 15.8. The summed E-state index contributed by atoms with van der Waals surface area (Å²) in [5, 5.41) is 14.6. The summed E-state index contributed by atoms with van der Waals surface area (Å²) < 4.78 is 5.77. The van der Waals surface area contributed by atoms with Gasteiger partial charge in [-0.05, 0) is 45.7 Å². The predicted octanol–water partition coefficient (Wildman–Crippen LogP) is 2.35. The molecule has 0 aliphatic heterocycles. The second kappa shape index (κ2) is 8.52. The van der Waals surface area contributed by atoms with Crippen molar-refractivity contribution in [1.82, 2.24) is 10.6 Å². The fourth-order valence-corrected chi connectivity index (χ4v) is 1.80. The van der Waals surface area contributed by atoms with E-state index in [0.717, 1.165) is 16.9 Å². The lowest BCUT2D eigenvalue weighted by Crippen LogP contribution is -2.36. The maximum atomic E-state index is 11.7. The molecule has 0 aliphatic carbocycles. The largest absolute Gasteiger partial charge is 0.491 e. The number of amides is 2. The molecule has 0 heterocycles. The van der Waals surface area contributed by atoms with E-state index in [0.29, 0.717) is 19.5 Å². The highest BCUT2D eigenvalue weighted by molar-refractivity contribution is 5.73. The van der Waals surface area contributed by atoms with Crippen LogP contribution in [0.1, 0.15) is 38.3 Å². The molecule has 2 amide bonds. The van der Waals surface area contributed by atoms with Crippen LogP contribution in [0.25, 0.3) is 0 Å². The average molecular weight is 294 g/mol. The molecule has 5 nitrogen and oxygen atoms in total. The van der Waals surface area contributed by atoms with Gasteiger partial charge in [0, 0.05) is 18.7 Å². The van der Waals surface area contributed by atoms with E-state index in [9.17, 15) is 4.79 Å². The molecule has 118 valence electrons. The number of carbonyl (C=O) groups is 1. The third kappa shape index (κ3) is 6.99. The molecular formula is C16H26N2O3. The molecule has 0 aromatic heterocycles. The van der Waals surface area contributed by atoms with Crippen molar-refractivity contribution >= 4 is 6.03 Å². The van der Waals surface area contributed by atoms with Crippen molar-refractivity contribution in [3.63, 3.8) is 0 Å². The Morgan fingerprint density at radius 3 is 2.62 bits per heavy atom. The zero-order valence-electron chi connectivity index (χ0n) is 13.3. The van der Waals surface area contributed by atoms with Gasteiger partial charge in [-0.15, -0.1) is 0 Å². The Hall–Kier alpha value is -1.75. The second-order valence-corrected chi connectivity index (χ2v) is 5.52. The topological polar surface area (TPSA) is 70.6 Å². The third-order valence-electron chi connectivity index (χ3n) is 2.87. The molecule has 0 bridgehead atoms. The molecule has 0 radical (unpaired) electrons. The average Bonchev–Trinajstić information content (AvgIpc) is 2.36. The maximum absolute atomic E-state index is 11.7. The number of urea groups is 1. The maximum Gasteiger partial charge on any atom is 0.315 e. The van der Waals surface area contributed by atoms with Crippen LogP contribution < -0.4 is 15.4 Å². The van der Waals surface area contributed by atoms with Crippen LogP contribution in [0.5, 0.6) is 5.75 Å². The predicted molar refractivity (Wildman–Crippen MR) is 83.5 cm³/mol. The summed E-state index contributed by atoms with van der Waals surface area (Å²) in [4.78, 5) is 11.7. The fourth-order valence-electron chi connectivity index (χ4n) is 1.80. The quantitative estimate of drug-likeness (QED) is 0.723. The van der Waals surface area contributed by atoms with E-state index < -0.39 is 6.10 Å². The Kier molecular flexibility index (Phi) is 7.02. The lowest BCUT2D eigenvalue weighted by Gasteiger charge is -2.16. The summed E-state index contributed by atoms with van der Waals surface area (Å²) in [6.45, 7) is 8.51.